The van der Waals surface area contributed by atoms with Crippen LogP contribution in [-0.4, -0.2) is 11.0 Å². The van der Waals surface area contributed by atoms with Gasteiger partial charge in [0.25, 0.3) is 0 Å². The van der Waals surface area contributed by atoms with E-state index in [1.165, 1.54) is 42.5 Å². The van der Waals surface area contributed by atoms with Crippen LogP contribution >= 0.6 is 0 Å². The van der Waals surface area contributed by atoms with Crippen LogP contribution in [0.25, 0.3) is 11.0 Å². The van der Waals surface area contributed by atoms with Crippen molar-refractivity contribution in [3.05, 3.63) is 70.3 Å². The Balaban J connectivity index is 1.87. The number of anilines is 1. The molecule has 0 fully saturated rings. The average molecular weight is 313 g/mol. The molecular formula is C17H12FNO4. The summed E-state index contributed by atoms with van der Waals surface area (Å²) < 4.78 is 17.9. The Labute approximate surface area is 130 Å². The molecule has 2 N–H and O–H groups in total. The molecule has 2 aromatic carbocycles. The highest BCUT2D eigenvalue weighted by atomic mass is 19.1. The maximum atomic E-state index is 12.8. The van der Waals surface area contributed by atoms with E-state index in [-0.39, 0.29) is 23.7 Å². The monoisotopic (exact) mass is 313 g/mol. The third-order valence-corrected chi connectivity index (χ3v) is 3.29. The van der Waals surface area contributed by atoms with Crippen molar-refractivity contribution in [3.63, 3.8) is 0 Å². The number of halogens is 1. The Morgan fingerprint density at radius 3 is 2.61 bits per heavy atom. The first-order valence-corrected chi connectivity index (χ1v) is 6.82. The maximum absolute atomic E-state index is 12.8. The topological polar surface area (TPSA) is 79.5 Å². The molecule has 1 aromatic heterocycles. The Bertz CT molecular complexity index is 931. The highest BCUT2D eigenvalue weighted by molar-refractivity contribution is 5.95. The predicted molar refractivity (Wildman–Crippen MR) is 82.9 cm³/mol. The van der Waals surface area contributed by atoms with E-state index in [9.17, 15) is 19.1 Å². The quantitative estimate of drug-likeness (QED) is 0.729. The summed E-state index contributed by atoms with van der Waals surface area (Å²) in [5, 5.41) is 12.6. The van der Waals surface area contributed by atoms with Crippen LogP contribution in [0.1, 0.15) is 5.56 Å². The molecule has 0 radical (unpaired) electrons. The predicted octanol–water partition coefficient (Wildman–Crippen LogP) is 2.82. The molecule has 0 saturated heterocycles. The van der Waals surface area contributed by atoms with Crippen LogP contribution in [-0.2, 0) is 11.2 Å². The van der Waals surface area contributed by atoms with Crippen molar-refractivity contribution in [2.24, 2.45) is 0 Å². The molecule has 0 saturated carbocycles. The van der Waals surface area contributed by atoms with Crippen molar-refractivity contribution in [1.82, 2.24) is 0 Å². The lowest BCUT2D eigenvalue weighted by molar-refractivity contribution is -0.115. The summed E-state index contributed by atoms with van der Waals surface area (Å²) in [6.07, 6.45) is -0.0513. The molecule has 5 nitrogen and oxygen atoms in total. The first-order valence-electron chi connectivity index (χ1n) is 6.82. The lowest BCUT2D eigenvalue weighted by Crippen LogP contribution is -2.15. The number of hydrogen-bond acceptors (Lipinski definition) is 4. The highest BCUT2D eigenvalue weighted by Gasteiger charge is 2.11. The molecule has 23 heavy (non-hydrogen) atoms. The van der Waals surface area contributed by atoms with Gasteiger partial charge >= 0.3 is 5.63 Å². The van der Waals surface area contributed by atoms with E-state index in [1.54, 1.807) is 6.07 Å². The molecule has 0 spiro atoms. The Morgan fingerprint density at radius 1 is 1.13 bits per heavy atom. The molecule has 116 valence electrons. The van der Waals surface area contributed by atoms with Gasteiger partial charge in [0, 0.05) is 23.2 Å². The van der Waals surface area contributed by atoms with Gasteiger partial charge in [-0.25, -0.2) is 9.18 Å². The number of carbonyl (C=O) groups excluding carboxylic acids is 1. The number of benzene rings is 2. The van der Waals surface area contributed by atoms with Crippen molar-refractivity contribution in [2.45, 2.75) is 6.42 Å². The van der Waals surface area contributed by atoms with Gasteiger partial charge in [-0.1, -0.05) is 0 Å². The zero-order valence-corrected chi connectivity index (χ0v) is 11.9. The van der Waals surface area contributed by atoms with Gasteiger partial charge in [0.15, 0.2) is 0 Å². The number of fused-ring (bicyclic) bond motifs is 1. The van der Waals surface area contributed by atoms with Crippen molar-refractivity contribution >= 4 is 22.6 Å². The second-order valence-electron chi connectivity index (χ2n) is 5.00. The van der Waals surface area contributed by atoms with Crippen LogP contribution in [0.2, 0.25) is 0 Å². The fourth-order valence-electron chi connectivity index (χ4n) is 2.28. The average Bonchev–Trinajstić information content (AvgIpc) is 2.49. The molecule has 0 aliphatic rings. The zero-order chi connectivity index (χ0) is 16.4. The van der Waals surface area contributed by atoms with Crippen LogP contribution < -0.4 is 10.9 Å². The van der Waals surface area contributed by atoms with Crippen LogP contribution in [0.15, 0.2) is 57.7 Å². The number of aromatic hydroxyl groups is 1. The van der Waals surface area contributed by atoms with Gasteiger partial charge in [-0.05, 0) is 42.0 Å². The molecule has 1 amide bonds. The smallest absolute Gasteiger partial charge is 0.336 e. The summed E-state index contributed by atoms with van der Waals surface area (Å²) in [4.78, 5) is 23.7. The molecule has 0 atom stereocenters. The summed E-state index contributed by atoms with van der Waals surface area (Å²) in [6, 6.07) is 11.0. The molecule has 0 bridgehead atoms. The lowest BCUT2D eigenvalue weighted by Gasteiger charge is -2.07. The van der Waals surface area contributed by atoms with Gasteiger partial charge in [-0.15, -0.1) is 0 Å². The fraction of sp³-hybridized carbons (Fsp3) is 0.0588. The normalized spacial score (nSPS) is 10.7. The third-order valence-electron chi connectivity index (χ3n) is 3.29. The van der Waals surface area contributed by atoms with Crippen LogP contribution in [0.4, 0.5) is 10.1 Å². The van der Waals surface area contributed by atoms with Gasteiger partial charge in [-0.3, -0.25) is 4.79 Å². The number of phenolic OH excluding ortho intramolecular Hbond substituents is 1. The van der Waals surface area contributed by atoms with Crippen molar-refractivity contribution in [2.75, 3.05) is 5.32 Å². The minimum absolute atomic E-state index is 0.0337. The van der Waals surface area contributed by atoms with Gasteiger partial charge < -0.3 is 14.8 Å². The summed E-state index contributed by atoms with van der Waals surface area (Å²) in [5.74, 6) is -0.778. The van der Waals surface area contributed by atoms with Crippen LogP contribution in [0, 0.1) is 5.82 Å². The van der Waals surface area contributed by atoms with Gasteiger partial charge in [0.05, 0.1) is 6.42 Å². The second-order valence-corrected chi connectivity index (χ2v) is 5.00. The Kier molecular flexibility index (Phi) is 3.80. The lowest BCUT2D eigenvalue weighted by atomic mass is 10.1. The van der Waals surface area contributed by atoms with E-state index in [0.29, 0.717) is 16.6 Å². The Morgan fingerprint density at radius 2 is 1.87 bits per heavy atom. The van der Waals surface area contributed by atoms with Crippen molar-refractivity contribution < 1.29 is 18.7 Å². The minimum Gasteiger partial charge on any atom is -0.508 e. The van der Waals surface area contributed by atoms with Crippen LogP contribution in [0.5, 0.6) is 5.75 Å². The third kappa shape index (κ3) is 3.37. The van der Waals surface area contributed by atoms with Gasteiger partial charge in [0.1, 0.15) is 17.1 Å². The van der Waals surface area contributed by atoms with E-state index < -0.39 is 11.4 Å². The summed E-state index contributed by atoms with van der Waals surface area (Å²) in [6.45, 7) is 0. The minimum atomic E-state index is -0.604. The number of nitrogens with one attached hydrogen (secondary N) is 1. The molecule has 1 heterocycles. The molecule has 0 unspecified atom stereocenters. The fourth-order valence-corrected chi connectivity index (χ4v) is 2.28. The molecule has 0 aliphatic carbocycles. The molecular weight excluding hydrogens is 301 g/mol. The van der Waals surface area contributed by atoms with E-state index in [4.69, 9.17) is 4.42 Å². The number of carbonyl (C=O) groups is 1. The van der Waals surface area contributed by atoms with E-state index in [0.717, 1.165) is 0 Å². The summed E-state index contributed by atoms with van der Waals surface area (Å²) >= 11 is 0. The molecule has 3 aromatic rings. The zero-order valence-electron chi connectivity index (χ0n) is 11.9. The van der Waals surface area contributed by atoms with E-state index in [2.05, 4.69) is 5.32 Å². The summed E-state index contributed by atoms with van der Waals surface area (Å²) in [7, 11) is 0. The maximum Gasteiger partial charge on any atom is 0.336 e. The number of hydrogen-bond donors (Lipinski definition) is 2. The first-order chi connectivity index (χ1) is 11.0. The second kappa shape index (κ2) is 5.92. The Hall–Kier alpha value is -3.15. The van der Waals surface area contributed by atoms with Crippen LogP contribution in [0.3, 0.4) is 0 Å². The van der Waals surface area contributed by atoms with Crippen molar-refractivity contribution in [1.29, 1.82) is 0 Å². The van der Waals surface area contributed by atoms with E-state index >= 15 is 0 Å². The molecule has 3 rings (SSSR count). The van der Waals surface area contributed by atoms with Crippen molar-refractivity contribution in [3.8, 4) is 5.75 Å². The number of rotatable bonds is 3. The SMILES string of the molecule is O=C(Cc1cc(=O)oc2cc(O)ccc12)Nc1ccc(F)cc1. The van der Waals surface area contributed by atoms with Gasteiger partial charge in [0.2, 0.25) is 5.91 Å². The standard InChI is InChI=1S/C17H12FNO4/c18-11-1-3-12(4-2-11)19-16(21)7-10-8-17(22)23-15-9-13(20)5-6-14(10)15/h1-6,8-9,20H,7H2,(H,19,21). The van der Waals surface area contributed by atoms with Gasteiger partial charge in [-0.2, -0.15) is 0 Å². The highest BCUT2D eigenvalue weighted by Crippen LogP contribution is 2.22. The summed E-state index contributed by atoms with van der Waals surface area (Å²) in [5.41, 5.74) is 0.548. The molecule has 6 heteroatoms. The number of amides is 1. The first kappa shape index (κ1) is 14.8. The number of phenols is 1. The molecule has 0 aliphatic heterocycles. The largest absolute Gasteiger partial charge is 0.508 e. The van der Waals surface area contributed by atoms with E-state index in [1.807, 2.05) is 0 Å².